The lowest BCUT2D eigenvalue weighted by atomic mass is 9.72. The van der Waals surface area contributed by atoms with E-state index in [0.29, 0.717) is 6.04 Å². The van der Waals surface area contributed by atoms with Crippen LogP contribution in [-0.2, 0) is 0 Å². The molecule has 106 valence electrons. The van der Waals surface area contributed by atoms with Gasteiger partial charge in [-0.3, -0.25) is 0 Å². The lowest BCUT2D eigenvalue weighted by Gasteiger charge is -2.40. The van der Waals surface area contributed by atoms with E-state index in [1.165, 1.54) is 51.7 Å². The summed E-state index contributed by atoms with van der Waals surface area (Å²) in [6.07, 6.45) is 6.81. The molecule has 0 radical (unpaired) electrons. The molecule has 0 aromatic heterocycles. The number of hydrogen-bond acceptors (Lipinski definition) is 2. The molecule has 0 aliphatic heterocycles. The first-order valence-electron chi connectivity index (χ1n) is 8.08. The van der Waals surface area contributed by atoms with Crippen LogP contribution in [0, 0.1) is 23.7 Å². The molecule has 0 aromatic carbocycles. The highest BCUT2D eigenvalue weighted by atomic mass is 15.1. The van der Waals surface area contributed by atoms with Crippen LogP contribution in [0.3, 0.4) is 0 Å². The van der Waals surface area contributed by atoms with Crippen molar-refractivity contribution in [2.24, 2.45) is 29.4 Å². The van der Waals surface area contributed by atoms with Crippen LogP contribution in [-0.4, -0.2) is 30.6 Å². The van der Waals surface area contributed by atoms with Crippen molar-refractivity contribution in [2.45, 2.75) is 58.9 Å². The minimum Gasteiger partial charge on any atom is -0.327 e. The fourth-order valence-corrected chi connectivity index (χ4v) is 3.82. The molecular weight excluding hydrogens is 220 g/mol. The zero-order chi connectivity index (χ0) is 13.1. The van der Waals surface area contributed by atoms with E-state index in [2.05, 4.69) is 25.7 Å². The molecule has 2 heteroatoms. The zero-order valence-electron chi connectivity index (χ0n) is 12.6. The Morgan fingerprint density at radius 2 is 1.83 bits per heavy atom. The Morgan fingerprint density at radius 3 is 2.39 bits per heavy atom. The van der Waals surface area contributed by atoms with Crippen LogP contribution < -0.4 is 5.73 Å². The fourth-order valence-electron chi connectivity index (χ4n) is 3.82. The summed E-state index contributed by atoms with van der Waals surface area (Å²) >= 11 is 0. The van der Waals surface area contributed by atoms with Gasteiger partial charge in [0.05, 0.1) is 0 Å². The number of nitrogens with zero attached hydrogens (tertiary/aromatic N) is 1. The maximum absolute atomic E-state index is 6.42. The van der Waals surface area contributed by atoms with Crippen molar-refractivity contribution in [3.63, 3.8) is 0 Å². The van der Waals surface area contributed by atoms with E-state index in [1.807, 2.05) is 0 Å². The van der Waals surface area contributed by atoms with Crippen molar-refractivity contribution in [1.82, 2.24) is 4.90 Å². The van der Waals surface area contributed by atoms with Gasteiger partial charge in [0.15, 0.2) is 0 Å². The molecule has 2 fully saturated rings. The molecule has 4 unspecified atom stereocenters. The molecule has 2 aliphatic carbocycles. The zero-order valence-corrected chi connectivity index (χ0v) is 12.6. The second-order valence-electron chi connectivity index (χ2n) is 7.08. The first-order chi connectivity index (χ1) is 8.60. The van der Waals surface area contributed by atoms with Gasteiger partial charge in [0.25, 0.3) is 0 Å². The molecule has 0 saturated heterocycles. The van der Waals surface area contributed by atoms with E-state index in [-0.39, 0.29) is 0 Å². The monoisotopic (exact) mass is 252 g/mol. The minimum atomic E-state index is 0.433. The molecule has 2 aliphatic rings. The Labute approximate surface area is 113 Å². The average molecular weight is 252 g/mol. The van der Waals surface area contributed by atoms with Gasteiger partial charge in [-0.2, -0.15) is 0 Å². The summed E-state index contributed by atoms with van der Waals surface area (Å²) < 4.78 is 0. The Balaban J connectivity index is 1.87. The molecule has 0 spiro atoms. The predicted molar refractivity (Wildman–Crippen MR) is 78.5 cm³/mol. The maximum atomic E-state index is 6.42. The van der Waals surface area contributed by atoms with Crippen molar-refractivity contribution >= 4 is 0 Å². The number of hydrogen-bond donors (Lipinski definition) is 1. The molecule has 2 saturated carbocycles. The Morgan fingerprint density at radius 1 is 1.11 bits per heavy atom. The van der Waals surface area contributed by atoms with Gasteiger partial charge in [-0.15, -0.1) is 0 Å². The van der Waals surface area contributed by atoms with Gasteiger partial charge in [0.1, 0.15) is 0 Å². The van der Waals surface area contributed by atoms with E-state index in [1.54, 1.807) is 0 Å². The van der Waals surface area contributed by atoms with E-state index in [9.17, 15) is 0 Å². The molecule has 2 nitrogen and oxygen atoms in total. The van der Waals surface area contributed by atoms with Crippen LogP contribution in [0.25, 0.3) is 0 Å². The minimum absolute atomic E-state index is 0.433. The van der Waals surface area contributed by atoms with Crippen LogP contribution in [0.5, 0.6) is 0 Å². The van der Waals surface area contributed by atoms with E-state index < -0.39 is 0 Å². The SMILES string of the molecule is CCCN(CC1CC1)CC1C(C)CC(C)CC1N. The molecule has 2 rings (SSSR count). The molecule has 0 heterocycles. The normalized spacial score (nSPS) is 37.2. The largest absolute Gasteiger partial charge is 0.327 e. The van der Waals surface area contributed by atoms with E-state index in [0.717, 1.165) is 23.7 Å². The second-order valence-corrected chi connectivity index (χ2v) is 7.08. The van der Waals surface area contributed by atoms with Crippen molar-refractivity contribution in [2.75, 3.05) is 19.6 Å². The standard InChI is InChI=1S/C16H32N2/c1-4-7-18(10-14-5-6-14)11-15-13(3)8-12(2)9-16(15)17/h12-16H,4-11,17H2,1-3H3. The molecule has 0 bridgehead atoms. The molecule has 2 N–H and O–H groups in total. The Bertz CT molecular complexity index is 237. The molecular formula is C16H32N2. The summed E-state index contributed by atoms with van der Waals surface area (Å²) in [5.41, 5.74) is 6.42. The lowest BCUT2D eigenvalue weighted by molar-refractivity contribution is 0.115. The molecule has 4 atom stereocenters. The van der Waals surface area contributed by atoms with Crippen LogP contribution >= 0.6 is 0 Å². The summed E-state index contributed by atoms with van der Waals surface area (Å²) in [6.45, 7) is 10.9. The Kier molecular flexibility index (Phi) is 5.08. The summed E-state index contributed by atoms with van der Waals surface area (Å²) in [6, 6.07) is 0.433. The highest BCUT2D eigenvalue weighted by Gasteiger charge is 2.33. The quantitative estimate of drug-likeness (QED) is 0.787. The second kappa shape index (κ2) is 6.38. The van der Waals surface area contributed by atoms with Crippen LogP contribution in [0.2, 0.25) is 0 Å². The topological polar surface area (TPSA) is 29.3 Å². The van der Waals surface area contributed by atoms with Gasteiger partial charge < -0.3 is 10.6 Å². The molecule has 0 aromatic rings. The van der Waals surface area contributed by atoms with Crippen molar-refractivity contribution in [3.05, 3.63) is 0 Å². The Hall–Kier alpha value is -0.0800. The third-order valence-corrected chi connectivity index (χ3v) is 4.95. The molecule has 0 amide bonds. The lowest BCUT2D eigenvalue weighted by Crippen LogP contribution is -2.47. The van der Waals surface area contributed by atoms with Crippen molar-refractivity contribution in [3.8, 4) is 0 Å². The summed E-state index contributed by atoms with van der Waals surface area (Å²) in [7, 11) is 0. The number of rotatable bonds is 6. The number of nitrogens with two attached hydrogens (primary N) is 1. The summed E-state index contributed by atoms with van der Waals surface area (Å²) in [5, 5.41) is 0. The summed E-state index contributed by atoms with van der Waals surface area (Å²) in [4.78, 5) is 2.70. The average Bonchev–Trinajstić information content (AvgIpc) is 3.07. The smallest absolute Gasteiger partial charge is 0.00844 e. The van der Waals surface area contributed by atoms with Gasteiger partial charge in [-0.25, -0.2) is 0 Å². The van der Waals surface area contributed by atoms with Crippen LogP contribution in [0.4, 0.5) is 0 Å². The summed E-state index contributed by atoms with van der Waals surface area (Å²) in [5.74, 6) is 3.37. The van der Waals surface area contributed by atoms with Crippen molar-refractivity contribution in [1.29, 1.82) is 0 Å². The fraction of sp³-hybridized carbons (Fsp3) is 1.00. The maximum Gasteiger partial charge on any atom is 0.00844 e. The first kappa shape index (κ1) is 14.3. The van der Waals surface area contributed by atoms with Crippen molar-refractivity contribution < 1.29 is 0 Å². The third kappa shape index (κ3) is 3.96. The van der Waals surface area contributed by atoms with Gasteiger partial charge in [-0.1, -0.05) is 20.8 Å². The van der Waals surface area contributed by atoms with Crippen LogP contribution in [0.15, 0.2) is 0 Å². The third-order valence-electron chi connectivity index (χ3n) is 4.95. The highest BCUT2D eigenvalue weighted by Crippen LogP contribution is 2.35. The predicted octanol–water partition coefficient (Wildman–Crippen LogP) is 3.12. The van der Waals surface area contributed by atoms with E-state index >= 15 is 0 Å². The van der Waals surface area contributed by atoms with Crippen LogP contribution in [0.1, 0.15) is 52.9 Å². The van der Waals surface area contributed by atoms with Gasteiger partial charge in [0, 0.05) is 19.1 Å². The molecule has 18 heavy (non-hydrogen) atoms. The van der Waals surface area contributed by atoms with Gasteiger partial charge >= 0.3 is 0 Å². The highest BCUT2D eigenvalue weighted by molar-refractivity contribution is 4.88. The first-order valence-corrected chi connectivity index (χ1v) is 8.08. The van der Waals surface area contributed by atoms with Gasteiger partial charge in [0.2, 0.25) is 0 Å². The van der Waals surface area contributed by atoms with E-state index in [4.69, 9.17) is 5.73 Å². The van der Waals surface area contributed by atoms with Gasteiger partial charge in [-0.05, 0) is 62.3 Å².